The zero-order valence-corrected chi connectivity index (χ0v) is 16.5. The Labute approximate surface area is 169 Å². The van der Waals surface area contributed by atoms with Crippen LogP contribution in [-0.2, 0) is 17.9 Å². The molecular weight excluding hydrogens is 398 g/mol. The zero-order valence-electron chi connectivity index (χ0n) is 15.0. The van der Waals surface area contributed by atoms with Gasteiger partial charge in [0.15, 0.2) is 0 Å². The van der Waals surface area contributed by atoms with E-state index in [-0.39, 0.29) is 18.0 Å². The van der Waals surface area contributed by atoms with E-state index in [0.717, 1.165) is 11.1 Å². The number of halogens is 1. The average Bonchev–Trinajstić information content (AvgIpc) is 3.34. The molecule has 0 aliphatic rings. The van der Waals surface area contributed by atoms with Crippen molar-refractivity contribution >= 4 is 39.1 Å². The number of nitrogens with zero attached hydrogens (tertiary/aromatic N) is 3. The quantitative estimate of drug-likeness (QED) is 0.495. The highest BCUT2D eigenvalue weighted by molar-refractivity contribution is 7.17. The lowest BCUT2D eigenvalue weighted by Crippen LogP contribution is -2.33. The summed E-state index contributed by atoms with van der Waals surface area (Å²) in [5.41, 5.74) is 1.43. The van der Waals surface area contributed by atoms with Gasteiger partial charge in [-0.2, -0.15) is 0 Å². The molecule has 0 atom stereocenters. The standard InChI is InChI=1S/C20H16ClN3O3S/c1-23(9-15-3-2-8-27-15)17(25)10-24-12-22-19-18(20(24)26)16(11-28-19)13-4-6-14(21)7-5-13/h2-8,11-12H,9-10H2,1H3. The summed E-state index contributed by atoms with van der Waals surface area (Å²) in [4.78, 5) is 32.1. The lowest BCUT2D eigenvalue weighted by atomic mass is 10.1. The van der Waals surface area contributed by atoms with Crippen LogP contribution in [0.2, 0.25) is 5.02 Å². The fourth-order valence-electron chi connectivity index (χ4n) is 2.91. The normalized spacial score (nSPS) is 11.1. The van der Waals surface area contributed by atoms with Crippen molar-refractivity contribution in [3.05, 3.63) is 75.5 Å². The molecule has 0 aliphatic carbocycles. The van der Waals surface area contributed by atoms with Crippen LogP contribution in [0.5, 0.6) is 0 Å². The molecule has 0 fully saturated rings. The van der Waals surface area contributed by atoms with E-state index in [1.54, 1.807) is 37.6 Å². The van der Waals surface area contributed by atoms with Gasteiger partial charge < -0.3 is 9.32 Å². The van der Waals surface area contributed by atoms with Crippen LogP contribution in [0, 0.1) is 0 Å². The van der Waals surface area contributed by atoms with Crippen LogP contribution in [0.3, 0.4) is 0 Å². The van der Waals surface area contributed by atoms with Crippen LogP contribution in [0.1, 0.15) is 5.76 Å². The summed E-state index contributed by atoms with van der Waals surface area (Å²) in [6.45, 7) is 0.250. The molecule has 0 saturated heterocycles. The first-order valence-electron chi connectivity index (χ1n) is 8.52. The molecular formula is C20H16ClN3O3S. The predicted molar refractivity (Wildman–Crippen MR) is 110 cm³/mol. The largest absolute Gasteiger partial charge is 0.467 e. The Balaban J connectivity index is 1.64. The minimum atomic E-state index is -0.240. The van der Waals surface area contributed by atoms with Crippen LogP contribution in [0.15, 0.2) is 63.6 Å². The van der Waals surface area contributed by atoms with E-state index in [1.807, 2.05) is 17.5 Å². The molecule has 3 aromatic heterocycles. The molecule has 4 aromatic rings. The summed E-state index contributed by atoms with van der Waals surface area (Å²) in [6, 6.07) is 10.9. The monoisotopic (exact) mass is 413 g/mol. The van der Waals surface area contributed by atoms with Gasteiger partial charge in [-0.05, 0) is 29.8 Å². The third kappa shape index (κ3) is 3.58. The van der Waals surface area contributed by atoms with Gasteiger partial charge in [-0.1, -0.05) is 23.7 Å². The number of thiophene rings is 1. The van der Waals surface area contributed by atoms with Crippen molar-refractivity contribution in [3.63, 3.8) is 0 Å². The van der Waals surface area contributed by atoms with Crippen LogP contribution < -0.4 is 5.56 Å². The van der Waals surface area contributed by atoms with Crippen molar-refractivity contribution in [2.75, 3.05) is 7.05 Å². The maximum absolute atomic E-state index is 13.0. The van der Waals surface area contributed by atoms with Crippen LogP contribution in [0.25, 0.3) is 21.3 Å². The molecule has 8 heteroatoms. The molecule has 0 N–H and O–H groups in total. The first kappa shape index (κ1) is 18.5. The number of rotatable bonds is 5. The summed E-state index contributed by atoms with van der Waals surface area (Å²) in [7, 11) is 1.67. The highest BCUT2D eigenvalue weighted by Crippen LogP contribution is 2.31. The fourth-order valence-corrected chi connectivity index (χ4v) is 3.95. The lowest BCUT2D eigenvalue weighted by Gasteiger charge is -2.16. The Morgan fingerprint density at radius 3 is 2.79 bits per heavy atom. The van der Waals surface area contributed by atoms with E-state index < -0.39 is 0 Å². The summed E-state index contributed by atoms with van der Waals surface area (Å²) in [5.74, 6) is 0.475. The second kappa shape index (κ2) is 7.61. The summed E-state index contributed by atoms with van der Waals surface area (Å²) >= 11 is 7.36. The number of hydrogen-bond acceptors (Lipinski definition) is 5. The van der Waals surface area contributed by atoms with E-state index >= 15 is 0 Å². The summed E-state index contributed by atoms with van der Waals surface area (Å²) in [5, 5.41) is 3.04. The molecule has 0 radical (unpaired) electrons. The van der Waals surface area contributed by atoms with Gasteiger partial charge in [0.1, 0.15) is 17.1 Å². The first-order valence-corrected chi connectivity index (χ1v) is 9.77. The van der Waals surface area contributed by atoms with E-state index in [0.29, 0.717) is 27.5 Å². The highest BCUT2D eigenvalue weighted by atomic mass is 35.5. The number of amides is 1. The Kier molecular flexibility index (Phi) is 5.02. The number of fused-ring (bicyclic) bond motifs is 1. The predicted octanol–water partition coefficient (Wildman–Crippen LogP) is 4.03. The molecule has 0 bridgehead atoms. The van der Waals surface area contributed by atoms with Gasteiger partial charge in [0.05, 0.1) is 24.5 Å². The number of hydrogen-bond donors (Lipinski definition) is 0. The van der Waals surface area contributed by atoms with E-state index in [2.05, 4.69) is 4.98 Å². The molecule has 0 saturated carbocycles. The van der Waals surface area contributed by atoms with Gasteiger partial charge in [0.2, 0.25) is 5.91 Å². The number of furan rings is 1. The van der Waals surface area contributed by atoms with E-state index in [1.165, 1.54) is 27.1 Å². The van der Waals surface area contributed by atoms with Gasteiger partial charge in [-0.3, -0.25) is 14.2 Å². The van der Waals surface area contributed by atoms with Crippen molar-refractivity contribution in [1.29, 1.82) is 0 Å². The van der Waals surface area contributed by atoms with Gasteiger partial charge in [-0.15, -0.1) is 11.3 Å². The smallest absolute Gasteiger partial charge is 0.263 e. The van der Waals surface area contributed by atoms with Gasteiger partial charge in [0.25, 0.3) is 5.56 Å². The Hall–Kier alpha value is -2.90. The first-order chi connectivity index (χ1) is 13.5. The maximum Gasteiger partial charge on any atom is 0.263 e. The average molecular weight is 414 g/mol. The van der Waals surface area contributed by atoms with E-state index in [9.17, 15) is 9.59 Å². The van der Waals surface area contributed by atoms with Gasteiger partial charge in [0, 0.05) is 23.0 Å². The number of carbonyl (C=O) groups excluding carboxylic acids is 1. The fraction of sp³-hybridized carbons (Fsp3) is 0.150. The number of benzene rings is 1. The topological polar surface area (TPSA) is 68.3 Å². The lowest BCUT2D eigenvalue weighted by molar-refractivity contribution is -0.131. The third-order valence-electron chi connectivity index (χ3n) is 4.42. The summed E-state index contributed by atoms with van der Waals surface area (Å²) < 4.78 is 6.61. The molecule has 28 heavy (non-hydrogen) atoms. The summed E-state index contributed by atoms with van der Waals surface area (Å²) in [6.07, 6.45) is 2.98. The Bertz CT molecular complexity index is 1180. The van der Waals surface area contributed by atoms with Crippen LogP contribution in [0.4, 0.5) is 0 Å². The zero-order chi connectivity index (χ0) is 19.7. The molecule has 4 rings (SSSR count). The number of likely N-dealkylation sites (N-methyl/N-ethyl adjacent to an activating group) is 1. The molecule has 0 unspecified atom stereocenters. The Morgan fingerprint density at radius 2 is 2.07 bits per heavy atom. The van der Waals surface area contributed by atoms with Crippen molar-refractivity contribution in [1.82, 2.24) is 14.5 Å². The molecule has 142 valence electrons. The van der Waals surface area contributed by atoms with Crippen LogP contribution in [-0.4, -0.2) is 27.4 Å². The molecule has 0 spiro atoms. The van der Waals surface area contributed by atoms with Crippen molar-refractivity contribution in [3.8, 4) is 11.1 Å². The van der Waals surface area contributed by atoms with Gasteiger partial charge >= 0.3 is 0 Å². The minimum absolute atomic E-state index is 0.0884. The molecule has 1 aromatic carbocycles. The second-order valence-corrected chi connectivity index (χ2v) is 7.64. The van der Waals surface area contributed by atoms with Gasteiger partial charge in [-0.25, -0.2) is 4.98 Å². The SMILES string of the molecule is CN(Cc1ccco1)C(=O)Cn1cnc2scc(-c3ccc(Cl)cc3)c2c1=O. The third-order valence-corrected chi connectivity index (χ3v) is 5.56. The van der Waals surface area contributed by atoms with Crippen molar-refractivity contribution in [2.45, 2.75) is 13.1 Å². The van der Waals surface area contributed by atoms with E-state index in [4.69, 9.17) is 16.0 Å². The number of carbonyl (C=O) groups is 1. The second-order valence-electron chi connectivity index (χ2n) is 6.34. The molecule has 3 heterocycles. The van der Waals surface area contributed by atoms with Crippen molar-refractivity contribution < 1.29 is 9.21 Å². The number of aromatic nitrogens is 2. The minimum Gasteiger partial charge on any atom is -0.467 e. The molecule has 1 amide bonds. The Morgan fingerprint density at radius 1 is 1.29 bits per heavy atom. The molecule has 0 aliphatic heterocycles. The maximum atomic E-state index is 13.0. The molecule has 6 nitrogen and oxygen atoms in total. The van der Waals surface area contributed by atoms with Crippen molar-refractivity contribution in [2.24, 2.45) is 0 Å². The highest BCUT2D eigenvalue weighted by Gasteiger charge is 2.17. The van der Waals surface area contributed by atoms with Crippen LogP contribution >= 0.6 is 22.9 Å².